The highest BCUT2D eigenvalue weighted by Crippen LogP contribution is 2.20. The summed E-state index contributed by atoms with van der Waals surface area (Å²) >= 11 is 0. The van der Waals surface area contributed by atoms with E-state index in [9.17, 15) is 14.7 Å². The zero-order valence-corrected chi connectivity index (χ0v) is 12.2. The number of carboxylic acids is 1. The molecule has 2 atom stereocenters. The zero-order chi connectivity index (χ0) is 14.3. The van der Waals surface area contributed by atoms with Crippen molar-refractivity contribution in [2.45, 2.75) is 65.8 Å². The molecule has 4 nitrogen and oxygen atoms in total. The van der Waals surface area contributed by atoms with Crippen LogP contribution in [0.4, 0.5) is 0 Å². The Morgan fingerprint density at radius 3 is 2.17 bits per heavy atom. The number of carbonyl (C=O) groups is 2. The van der Waals surface area contributed by atoms with Crippen LogP contribution in [0, 0.1) is 11.8 Å². The van der Waals surface area contributed by atoms with E-state index in [0.717, 1.165) is 12.8 Å². The lowest BCUT2D eigenvalue weighted by molar-refractivity contribution is -0.147. The molecule has 106 valence electrons. The maximum atomic E-state index is 11.9. The third-order valence-electron chi connectivity index (χ3n) is 3.55. The van der Waals surface area contributed by atoms with E-state index in [1.54, 1.807) is 6.92 Å². The first-order valence-electron chi connectivity index (χ1n) is 6.81. The van der Waals surface area contributed by atoms with Crippen molar-refractivity contribution in [1.82, 2.24) is 5.32 Å². The molecule has 0 aliphatic heterocycles. The predicted octanol–water partition coefficient (Wildman–Crippen LogP) is 2.82. The Kier molecular flexibility index (Phi) is 6.96. The molecule has 0 radical (unpaired) electrons. The van der Waals surface area contributed by atoms with Crippen molar-refractivity contribution >= 4 is 11.9 Å². The average molecular weight is 257 g/mol. The Bertz CT molecular complexity index is 289. The Morgan fingerprint density at radius 2 is 1.83 bits per heavy atom. The Morgan fingerprint density at radius 1 is 1.28 bits per heavy atom. The molecular formula is C14H27NO3. The second-order valence-corrected chi connectivity index (χ2v) is 5.55. The highest BCUT2D eigenvalue weighted by molar-refractivity contribution is 5.86. The van der Waals surface area contributed by atoms with E-state index in [0.29, 0.717) is 24.7 Å². The first kappa shape index (κ1) is 16.9. The minimum atomic E-state index is -1.14. The second kappa shape index (κ2) is 7.39. The number of carbonyl (C=O) groups excluding carboxylic acids is 1. The molecule has 0 aromatic carbocycles. The van der Waals surface area contributed by atoms with Gasteiger partial charge in [0.05, 0.1) is 0 Å². The third kappa shape index (κ3) is 5.07. The van der Waals surface area contributed by atoms with Crippen molar-refractivity contribution in [3.8, 4) is 0 Å². The maximum absolute atomic E-state index is 11.9. The quantitative estimate of drug-likeness (QED) is 0.702. The van der Waals surface area contributed by atoms with Crippen LogP contribution in [0.15, 0.2) is 0 Å². The highest BCUT2D eigenvalue weighted by Gasteiger charge is 2.34. The Hall–Kier alpha value is -1.06. The summed E-state index contributed by atoms with van der Waals surface area (Å²) in [7, 11) is 0. The largest absolute Gasteiger partial charge is 0.480 e. The summed E-state index contributed by atoms with van der Waals surface area (Å²) in [6.45, 7) is 9.72. The highest BCUT2D eigenvalue weighted by atomic mass is 16.4. The van der Waals surface area contributed by atoms with Crippen LogP contribution in [0.3, 0.4) is 0 Å². The fourth-order valence-electron chi connectivity index (χ4n) is 2.17. The SMILES string of the molecule is CCCC(C)(NC(=O)CC(CC)C(C)C)C(=O)O. The van der Waals surface area contributed by atoms with Crippen LogP contribution in [0.1, 0.15) is 60.3 Å². The van der Waals surface area contributed by atoms with Gasteiger partial charge < -0.3 is 10.4 Å². The molecule has 0 aliphatic carbocycles. The smallest absolute Gasteiger partial charge is 0.329 e. The van der Waals surface area contributed by atoms with E-state index in [1.165, 1.54) is 0 Å². The second-order valence-electron chi connectivity index (χ2n) is 5.55. The van der Waals surface area contributed by atoms with E-state index in [1.807, 2.05) is 6.92 Å². The molecule has 0 rings (SSSR count). The van der Waals surface area contributed by atoms with E-state index in [-0.39, 0.29) is 5.91 Å². The van der Waals surface area contributed by atoms with Gasteiger partial charge in [-0.3, -0.25) is 4.79 Å². The van der Waals surface area contributed by atoms with Crippen molar-refractivity contribution < 1.29 is 14.7 Å². The van der Waals surface area contributed by atoms with E-state index >= 15 is 0 Å². The van der Waals surface area contributed by atoms with Crippen molar-refractivity contribution in [2.75, 3.05) is 0 Å². The molecule has 0 saturated heterocycles. The molecule has 0 heterocycles. The van der Waals surface area contributed by atoms with Gasteiger partial charge in [-0.05, 0) is 25.2 Å². The summed E-state index contributed by atoms with van der Waals surface area (Å²) in [5.41, 5.74) is -1.14. The minimum absolute atomic E-state index is 0.158. The number of aliphatic carboxylic acids is 1. The summed E-state index contributed by atoms with van der Waals surface area (Å²) in [6, 6.07) is 0. The lowest BCUT2D eigenvalue weighted by Crippen LogP contribution is -2.52. The van der Waals surface area contributed by atoms with Gasteiger partial charge in [-0.1, -0.05) is 40.5 Å². The summed E-state index contributed by atoms with van der Waals surface area (Å²) in [5, 5.41) is 11.9. The van der Waals surface area contributed by atoms with Crippen LogP contribution in [0.5, 0.6) is 0 Å². The molecule has 2 N–H and O–H groups in total. The summed E-state index contributed by atoms with van der Waals surface area (Å²) < 4.78 is 0. The van der Waals surface area contributed by atoms with Gasteiger partial charge in [0.25, 0.3) is 0 Å². The molecule has 2 unspecified atom stereocenters. The molecule has 18 heavy (non-hydrogen) atoms. The fraction of sp³-hybridized carbons (Fsp3) is 0.857. The van der Waals surface area contributed by atoms with Gasteiger partial charge in [-0.15, -0.1) is 0 Å². The number of hydrogen-bond acceptors (Lipinski definition) is 2. The van der Waals surface area contributed by atoms with Crippen LogP contribution >= 0.6 is 0 Å². The van der Waals surface area contributed by atoms with E-state index < -0.39 is 11.5 Å². The van der Waals surface area contributed by atoms with E-state index in [2.05, 4.69) is 26.1 Å². The topological polar surface area (TPSA) is 66.4 Å². The number of amides is 1. The normalized spacial score (nSPS) is 16.1. The molecule has 0 aromatic heterocycles. The minimum Gasteiger partial charge on any atom is -0.480 e. The monoisotopic (exact) mass is 257 g/mol. The molecule has 0 aromatic rings. The number of hydrogen-bond donors (Lipinski definition) is 2. The van der Waals surface area contributed by atoms with E-state index in [4.69, 9.17) is 0 Å². The maximum Gasteiger partial charge on any atom is 0.329 e. The summed E-state index contributed by atoms with van der Waals surface area (Å²) in [6.07, 6.45) is 2.51. The number of nitrogens with one attached hydrogen (secondary N) is 1. The fourth-order valence-corrected chi connectivity index (χ4v) is 2.17. The third-order valence-corrected chi connectivity index (χ3v) is 3.55. The summed E-state index contributed by atoms with van der Waals surface area (Å²) in [5.74, 6) is -0.378. The molecule has 0 fully saturated rings. The van der Waals surface area contributed by atoms with Gasteiger partial charge in [-0.2, -0.15) is 0 Å². The molecule has 0 aliphatic rings. The Balaban J connectivity index is 4.57. The van der Waals surface area contributed by atoms with Crippen LogP contribution in [-0.4, -0.2) is 22.5 Å². The molecule has 0 saturated carbocycles. The van der Waals surface area contributed by atoms with Crippen molar-refractivity contribution in [3.05, 3.63) is 0 Å². The van der Waals surface area contributed by atoms with Gasteiger partial charge in [0.2, 0.25) is 5.91 Å². The standard InChI is InChI=1S/C14H27NO3/c1-6-8-14(5,13(17)18)15-12(16)9-11(7-2)10(3)4/h10-11H,6-9H2,1-5H3,(H,15,16)(H,17,18). The molecular weight excluding hydrogens is 230 g/mol. The van der Waals surface area contributed by atoms with Gasteiger partial charge in [-0.25, -0.2) is 4.79 Å². The van der Waals surface area contributed by atoms with Crippen molar-refractivity contribution in [2.24, 2.45) is 11.8 Å². The predicted molar refractivity (Wildman–Crippen MR) is 72.3 cm³/mol. The van der Waals surface area contributed by atoms with Gasteiger partial charge in [0.1, 0.15) is 5.54 Å². The molecule has 0 bridgehead atoms. The van der Waals surface area contributed by atoms with Gasteiger partial charge in [0.15, 0.2) is 0 Å². The molecule has 1 amide bonds. The molecule has 4 heteroatoms. The molecule has 0 spiro atoms. The van der Waals surface area contributed by atoms with Gasteiger partial charge >= 0.3 is 5.97 Å². The van der Waals surface area contributed by atoms with Crippen molar-refractivity contribution in [3.63, 3.8) is 0 Å². The first-order chi connectivity index (χ1) is 8.26. The lowest BCUT2D eigenvalue weighted by atomic mass is 9.89. The summed E-state index contributed by atoms with van der Waals surface area (Å²) in [4.78, 5) is 23.2. The van der Waals surface area contributed by atoms with Crippen LogP contribution in [-0.2, 0) is 9.59 Å². The lowest BCUT2D eigenvalue weighted by Gasteiger charge is -2.27. The van der Waals surface area contributed by atoms with Crippen LogP contribution < -0.4 is 5.32 Å². The number of rotatable bonds is 8. The van der Waals surface area contributed by atoms with Crippen molar-refractivity contribution in [1.29, 1.82) is 0 Å². The number of carboxylic acid groups (broad SMARTS) is 1. The van der Waals surface area contributed by atoms with Gasteiger partial charge in [0, 0.05) is 6.42 Å². The average Bonchev–Trinajstić information content (AvgIpc) is 2.25. The van der Waals surface area contributed by atoms with Crippen LogP contribution in [0.2, 0.25) is 0 Å². The van der Waals surface area contributed by atoms with Crippen LogP contribution in [0.25, 0.3) is 0 Å². The first-order valence-corrected chi connectivity index (χ1v) is 6.81. The zero-order valence-electron chi connectivity index (χ0n) is 12.2. The Labute approximate surface area is 110 Å².